The average molecular weight is 259 g/mol. The first-order valence-electron chi connectivity index (χ1n) is 5.34. The lowest BCUT2D eigenvalue weighted by Gasteiger charge is -2.22. The van der Waals surface area contributed by atoms with E-state index in [1.807, 2.05) is 0 Å². The lowest BCUT2D eigenvalue weighted by Crippen LogP contribution is -2.32. The summed E-state index contributed by atoms with van der Waals surface area (Å²) in [6.07, 6.45) is -1.28. The molecule has 0 saturated carbocycles. The zero-order valence-corrected chi connectivity index (χ0v) is 10.4. The molecule has 0 aromatic carbocycles. The van der Waals surface area contributed by atoms with Crippen molar-refractivity contribution in [1.82, 2.24) is 4.90 Å². The summed E-state index contributed by atoms with van der Waals surface area (Å²) in [5.74, 6) is 0. The maximum atomic E-state index is 11.8. The monoisotopic (exact) mass is 258 g/mol. The van der Waals surface area contributed by atoms with E-state index in [-0.39, 0.29) is 17.8 Å². The van der Waals surface area contributed by atoms with E-state index in [1.54, 1.807) is 0 Å². The highest BCUT2D eigenvalue weighted by molar-refractivity contribution is 5.85. The third kappa shape index (κ3) is 5.39. The highest BCUT2D eigenvalue weighted by atomic mass is 35.5. The Morgan fingerprint density at radius 3 is 2.69 bits per heavy atom. The summed E-state index contributed by atoms with van der Waals surface area (Å²) in [6.45, 7) is 5.43. The number of alkyl halides is 2. The molecule has 2 N–H and O–H groups in total. The van der Waals surface area contributed by atoms with Crippen LogP contribution in [0, 0.1) is 5.41 Å². The molecule has 0 aliphatic carbocycles. The van der Waals surface area contributed by atoms with Crippen molar-refractivity contribution in [1.29, 1.82) is 0 Å². The molecule has 1 unspecified atom stereocenters. The maximum Gasteiger partial charge on any atom is 0.261 e. The fraction of sp³-hybridized carbons (Fsp3) is 1.00. The van der Waals surface area contributed by atoms with E-state index in [9.17, 15) is 8.78 Å². The van der Waals surface area contributed by atoms with Crippen LogP contribution >= 0.6 is 12.4 Å². The third-order valence-electron chi connectivity index (χ3n) is 2.93. The Bertz CT molecular complexity index is 198. The molecule has 1 saturated heterocycles. The standard InChI is InChI=1S/C10H20F2N2O.ClH/c1-10(7-13)2-3-14(8-10)4-5-15-6-9(11)12;/h9H,2-8,13H2,1H3;1H. The van der Waals surface area contributed by atoms with Crippen LogP contribution in [-0.2, 0) is 4.74 Å². The summed E-state index contributed by atoms with van der Waals surface area (Å²) in [6, 6.07) is 0. The van der Waals surface area contributed by atoms with Gasteiger partial charge in [-0.25, -0.2) is 8.78 Å². The van der Waals surface area contributed by atoms with Gasteiger partial charge in [0.1, 0.15) is 6.61 Å². The van der Waals surface area contributed by atoms with E-state index in [4.69, 9.17) is 10.5 Å². The lowest BCUT2D eigenvalue weighted by molar-refractivity contribution is 0.0108. The van der Waals surface area contributed by atoms with Gasteiger partial charge in [0, 0.05) is 13.1 Å². The third-order valence-corrected chi connectivity index (χ3v) is 2.93. The fourth-order valence-corrected chi connectivity index (χ4v) is 1.85. The van der Waals surface area contributed by atoms with E-state index < -0.39 is 13.0 Å². The molecule has 0 radical (unpaired) electrons. The van der Waals surface area contributed by atoms with Crippen LogP contribution in [0.15, 0.2) is 0 Å². The molecule has 1 aliphatic rings. The second-order valence-electron chi connectivity index (χ2n) is 4.51. The van der Waals surface area contributed by atoms with Crippen LogP contribution in [0.4, 0.5) is 8.78 Å². The molecule has 6 heteroatoms. The molecular formula is C10H21ClF2N2O. The number of hydrogen-bond donors (Lipinski definition) is 1. The Hall–Kier alpha value is 0.0300. The van der Waals surface area contributed by atoms with E-state index >= 15 is 0 Å². The highest BCUT2D eigenvalue weighted by Gasteiger charge is 2.31. The minimum absolute atomic E-state index is 0. The molecule has 0 aromatic heterocycles. The summed E-state index contributed by atoms with van der Waals surface area (Å²) in [5, 5.41) is 0. The summed E-state index contributed by atoms with van der Waals surface area (Å²) in [5.41, 5.74) is 5.86. The number of ether oxygens (including phenoxy) is 1. The quantitative estimate of drug-likeness (QED) is 0.732. The Kier molecular flexibility index (Phi) is 7.39. The van der Waals surface area contributed by atoms with Crippen molar-refractivity contribution in [2.24, 2.45) is 11.1 Å². The van der Waals surface area contributed by atoms with Crippen molar-refractivity contribution in [3.8, 4) is 0 Å². The van der Waals surface area contributed by atoms with Crippen molar-refractivity contribution in [3.05, 3.63) is 0 Å². The van der Waals surface area contributed by atoms with Crippen LogP contribution in [0.25, 0.3) is 0 Å². The molecule has 1 rings (SSSR count). The molecule has 0 spiro atoms. The van der Waals surface area contributed by atoms with Crippen LogP contribution in [0.2, 0.25) is 0 Å². The van der Waals surface area contributed by atoms with Crippen LogP contribution in [0.5, 0.6) is 0 Å². The second-order valence-corrected chi connectivity index (χ2v) is 4.51. The zero-order chi connectivity index (χ0) is 11.3. The van der Waals surface area contributed by atoms with Crippen molar-refractivity contribution in [2.45, 2.75) is 19.8 Å². The van der Waals surface area contributed by atoms with Crippen LogP contribution < -0.4 is 5.73 Å². The van der Waals surface area contributed by atoms with Gasteiger partial charge in [-0.2, -0.15) is 0 Å². The van der Waals surface area contributed by atoms with Gasteiger partial charge in [0.05, 0.1) is 6.61 Å². The molecule has 1 aliphatic heterocycles. The SMILES string of the molecule is CC1(CN)CCN(CCOCC(F)F)C1.Cl. The van der Waals surface area contributed by atoms with Gasteiger partial charge in [-0.3, -0.25) is 0 Å². The number of halogens is 3. The lowest BCUT2D eigenvalue weighted by atomic mass is 9.90. The molecule has 0 bridgehead atoms. The highest BCUT2D eigenvalue weighted by Crippen LogP contribution is 2.27. The van der Waals surface area contributed by atoms with Crippen molar-refractivity contribution < 1.29 is 13.5 Å². The molecule has 1 fully saturated rings. The van der Waals surface area contributed by atoms with Gasteiger partial charge in [0.25, 0.3) is 6.43 Å². The minimum Gasteiger partial charge on any atom is -0.374 e. The normalized spacial score (nSPS) is 26.1. The first-order chi connectivity index (χ1) is 7.06. The number of rotatable bonds is 6. The fourth-order valence-electron chi connectivity index (χ4n) is 1.85. The van der Waals surface area contributed by atoms with E-state index in [0.717, 1.165) is 26.1 Å². The number of hydrogen-bond acceptors (Lipinski definition) is 3. The van der Waals surface area contributed by atoms with Gasteiger partial charge in [-0.05, 0) is 24.9 Å². The largest absolute Gasteiger partial charge is 0.374 e. The van der Waals surface area contributed by atoms with Gasteiger partial charge in [-0.1, -0.05) is 6.92 Å². The van der Waals surface area contributed by atoms with Gasteiger partial charge in [-0.15, -0.1) is 12.4 Å². The molecule has 0 amide bonds. The van der Waals surface area contributed by atoms with Crippen LogP contribution in [0.3, 0.4) is 0 Å². The topological polar surface area (TPSA) is 38.5 Å². The smallest absolute Gasteiger partial charge is 0.261 e. The van der Waals surface area contributed by atoms with Crippen molar-refractivity contribution in [3.63, 3.8) is 0 Å². The molecular weight excluding hydrogens is 238 g/mol. The first-order valence-corrected chi connectivity index (χ1v) is 5.34. The minimum atomic E-state index is -2.36. The zero-order valence-electron chi connectivity index (χ0n) is 9.62. The Labute approximate surface area is 102 Å². The second kappa shape index (κ2) is 7.37. The molecule has 3 nitrogen and oxygen atoms in total. The molecule has 1 atom stereocenters. The number of nitrogens with two attached hydrogens (primary N) is 1. The Morgan fingerprint density at radius 1 is 1.50 bits per heavy atom. The predicted molar refractivity (Wildman–Crippen MR) is 62.3 cm³/mol. The van der Waals surface area contributed by atoms with E-state index in [1.165, 1.54) is 0 Å². The van der Waals surface area contributed by atoms with E-state index in [0.29, 0.717) is 13.2 Å². The summed E-state index contributed by atoms with van der Waals surface area (Å²) >= 11 is 0. The van der Waals surface area contributed by atoms with E-state index in [2.05, 4.69) is 11.8 Å². The molecule has 16 heavy (non-hydrogen) atoms. The number of likely N-dealkylation sites (tertiary alicyclic amines) is 1. The van der Waals surface area contributed by atoms with Gasteiger partial charge >= 0.3 is 0 Å². The molecule has 1 heterocycles. The summed E-state index contributed by atoms with van der Waals surface area (Å²) in [7, 11) is 0. The molecule has 98 valence electrons. The maximum absolute atomic E-state index is 11.8. The van der Waals surface area contributed by atoms with Crippen LogP contribution in [0.1, 0.15) is 13.3 Å². The number of nitrogens with zero attached hydrogens (tertiary/aromatic N) is 1. The van der Waals surface area contributed by atoms with Gasteiger partial charge < -0.3 is 15.4 Å². The molecule has 0 aromatic rings. The predicted octanol–water partition coefficient (Wildman–Crippen LogP) is 1.36. The summed E-state index contributed by atoms with van der Waals surface area (Å²) in [4.78, 5) is 2.22. The van der Waals surface area contributed by atoms with Gasteiger partial charge in [0.15, 0.2) is 0 Å². The van der Waals surface area contributed by atoms with Gasteiger partial charge in [0.2, 0.25) is 0 Å². The first kappa shape index (κ1) is 16.0. The average Bonchev–Trinajstić information content (AvgIpc) is 2.56. The van der Waals surface area contributed by atoms with Crippen LogP contribution in [-0.4, -0.2) is 50.7 Å². The summed E-state index contributed by atoms with van der Waals surface area (Å²) < 4.78 is 28.4. The van der Waals surface area contributed by atoms with Crippen molar-refractivity contribution >= 4 is 12.4 Å². The van der Waals surface area contributed by atoms with Crippen molar-refractivity contribution in [2.75, 3.05) is 39.4 Å². The Morgan fingerprint density at radius 2 is 2.19 bits per heavy atom. The Balaban J connectivity index is 0.00000225.